The van der Waals surface area contributed by atoms with Crippen LogP contribution in [0.4, 0.5) is 4.79 Å². The third kappa shape index (κ3) is 5.26. The molecule has 1 aliphatic heterocycles. The fourth-order valence-corrected chi connectivity index (χ4v) is 4.70. The predicted octanol–water partition coefficient (Wildman–Crippen LogP) is 3.01. The molecule has 2 atom stereocenters. The molecule has 2 N–H and O–H groups in total. The van der Waals surface area contributed by atoms with Crippen LogP contribution in [0.1, 0.15) is 25.3 Å². The molecular weight excluding hydrogens is 359 g/mol. The van der Waals surface area contributed by atoms with E-state index in [-0.39, 0.29) is 23.0 Å². The average Bonchev–Trinajstić information content (AvgIpc) is 2.48. The summed E-state index contributed by atoms with van der Waals surface area (Å²) < 4.78 is 23.3. The third-order valence-electron chi connectivity index (χ3n) is 4.09. The van der Waals surface area contributed by atoms with Crippen molar-refractivity contribution in [2.24, 2.45) is 5.92 Å². The maximum absolute atomic E-state index is 11.8. The molecule has 0 saturated carbocycles. The Hall–Kier alpha value is -0.980. The van der Waals surface area contributed by atoms with Gasteiger partial charge in [-0.15, -0.1) is 0 Å². The molecule has 1 saturated heterocycles. The van der Waals surface area contributed by atoms with Gasteiger partial charge in [0.05, 0.1) is 11.0 Å². The highest BCUT2D eigenvalue weighted by Gasteiger charge is 2.30. The van der Waals surface area contributed by atoms with E-state index in [0.29, 0.717) is 36.0 Å². The van der Waals surface area contributed by atoms with Crippen molar-refractivity contribution in [3.63, 3.8) is 0 Å². The van der Waals surface area contributed by atoms with Gasteiger partial charge in [-0.2, -0.15) is 0 Å². The van der Waals surface area contributed by atoms with Crippen molar-refractivity contribution in [2.45, 2.75) is 31.6 Å². The number of rotatable bonds is 4. The summed E-state index contributed by atoms with van der Waals surface area (Å²) >= 11 is 11.9. The number of sulfone groups is 1. The Morgan fingerprint density at radius 1 is 1.30 bits per heavy atom. The fourth-order valence-electron chi connectivity index (χ4n) is 2.59. The Morgan fingerprint density at radius 2 is 2.04 bits per heavy atom. The molecule has 1 aliphatic rings. The third-order valence-corrected chi connectivity index (χ3v) is 6.90. The zero-order valence-corrected chi connectivity index (χ0v) is 15.1. The van der Waals surface area contributed by atoms with E-state index >= 15 is 0 Å². The largest absolute Gasteiger partial charge is 0.338 e. The van der Waals surface area contributed by atoms with E-state index in [2.05, 4.69) is 10.6 Å². The topological polar surface area (TPSA) is 75.3 Å². The minimum absolute atomic E-state index is 0.193. The van der Waals surface area contributed by atoms with Crippen LogP contribution < -0.4 is 10.6 Å². The molecule has 2 unspecified atom stereocenters. The van der Waals surface area contributed by atoms with E-state index in [9.17, 15) is 13.2 Å². The molecule has 2 amide bonds. The molecule has 1 aromatic rings. The Bertz CT molecular complexity index is 679. The maximum Gasteiger partial charge on any atom is 0.315 e. The maximum atomic E-state index is 11.8. The van der Waals surface area contributed by atoms with Crippen LogP contribution in [0.3, 0.4) is 0 Å². The lowest BCUT2D eigenvalue weighted by Gasteiger charge is -2.27. The summed E-state index contributed by atoms with van der Waals surface area (Å²) in [5.41, 5.74) is 0.781. The van der Waals surface area contributed by atoms with Crippen molar-refractivity contribution in [1.82, 2.24) is 10.6 Å². The normalized spacial score (nSPS) is 23.3. The first-order valence-corrected chi connectivity index (χ1v) is 9.92. The molecule has 2 rings (SSSR count). The first-order valence-electron chi connectivity index (χ1n) is 7.45. The molecule has 5 nitrogen and oxygen atoms in total. The SMILES string of the molecule is CC1CC(CNC(=O)NCc2ccc(Cl)cc2Cl)CCS1(=O)=O. The van der Waals surface area contributed by atoms with E-state index in [4.69, 9.17) is 23.2 Å². The Kier molecular flexibility index (Phi) is 6.17. The Morgan fingerprint density at radius 3 is 2.70 bits per heavy atom. The van der Waals surface area contributed by atoms with Crippen LogP contribution in [0.2, 0.25) is 10.0 Å². The molecule has 0 aliphatic carbocycles. The Labute approximate surface area is 146 Å². The number of carbonyl (C=O) groups is 1. The summed E-state index contributed by atoms with van der Waals surface area (Å²) in [5, 5.41) is 6.23. The number of benzene rings is 1. The minimum atomic E-state index is -2.94. The van der Waals surface area contributed by atoms with Gasteiger partial charge < -0.3 is 10.6 Å². The molecule has 1 heterocycles. The summed E-state index contributed by atoms with van der Waals surface area (Å²) in [6.07, 6.45) is 1.18. The zero-order chi connectivity index (χ0) is 17.0. The molecule has 1 aromatic carbocycles. The van der Waals surface area contributed by atoms with Gasteiger partial charge in [-0.25, -0.2) is 13.2 Å². The van der Waals surface area contributed by atoms with E-state index < -0.39 is 9.84 Å². The highest BCUT2D eigenvalue weighted by Crippen LogP contribution is 2.24. The molecule has 23 heavy (non-hydrogen) atoms. The summed E-state index contributed by atoms with van der Waals surface area (Å²) in [7, 11) is -2.94. The number of nitrogens with one attached hydrogen (secondary N) is 2. The van der Waals surface area contributed by atoms with Crippen LogP contribution in [-0.2, 0) is 16.4 Å². The Balaban J connectivity index is 1.75. The fraction of sp³-hybridized carbons (Fsp3) is 0.533. The van der Waals surface area contributed by atoms with Gasteiger partial charge in [0.1, 0.15) is 0 Å². The number of hydrogen-bond acceptors (Lipinski definition) is 3. The molecule has 0 spiro atoms. The lowest BCUT2D eigenvalue weighted by Crippen LogP contribution is -2.41. The summed E-state index contributed by atoms with van der Waals surface area (Å²) in [5.74, 6) is 0.390. The van der Waals surface area contributed by atoms with Crippen molar-refractivity contribution in [1.29, 1.82) is 0 Å². The summed E-state index contributed by atoms with van der Waals surface area (Å²) in [6.45, 7) is 2.50. The van der Waals surface area contributed by atoms with Crippen LogP contribution in [-0.4, -0.2) is 32.0 Å². The highest BCUT2D eigenvalue weighted by atomic mass is 35.5. The van der Waals surface area contributed by atoms with Crippen molar-refractivity contribution < 1.29 is 13.2 Å². The monoisotopic (exact) mass is 378 g/mol. The highest BCUT2D eigenvalue weighted by molar-refractivity contribution is 7.92. The molecule has 0 aromatic heterocycles. The van der Waals surface area contributed by atoms with E-state index in [0.717, 1.165) is 5.56 Å². The first-order chi connectivity index (χ1) is 10.8. The van der Waals surface area contributed by atoms with Crippen LogP contribution >= 0.6 is 23.2 Å². The standard InChI is InChI=1S/C15H20Cl2N2O3S/c1-10-6-11(4-5-23(10,21)22)8-18-15(20)19-9-12-2-3-13(16)7-14(12)17/h2-3,7,10-11H,4-6,8-9H2,1H3,(H2,18,19,20). The van der Waals surface area contributed by atoms with Gasteiger partial charge in [0, 0.05) is 23.1 Å². The van der Waals surface area contributed by atoms with Gasteiger partial charge in [0.2, 0.25) is 0 Å². The van der Waals surface area contributed by atoms with Gasteiger partial charge in [-0.05, 0) is 43.4 Å². The van der Waals surface area contributed by atoms with Crippen molar-refractivity contribution in [3.8, 4) is 0 Å². The molecule has 1 fully saturated rings. The van der Waals surface area contributed by atoms with E-state index in [1.54, 1.807) is 25.1 Å². The quantitative estimate of drug-likeness (QED) is 0.845. The zero-order valence-electron chi connectivity index (χ0n) is 12.8. The second-order valence-corrected chi connectivity index (χ2v) is 9.25. The predicted molar refractivity (Wildman–Crippen MR) is 92.7 cm³/mol. The number of halogens is 2. The van der Waals surface area contributed by atoms with Crippen molar-refractivity contribution in [3.05, 3.63) is 33.8 Å². The van der Waals surface area contributed by atoms with Gasteiger partial charge in [0.25, 0.3) is 0 Å². The van der Waals surface area contributed by atoms with Crippen molar-refractivity contribution >= 4 is 39.1 Å². The summed E-state index contributed by atoms with van der Waals surface area (Å²) in [4.78, 5) is 11.8. The van der Waals surface area contributed by atoms with E-state index in [1.807, 2.05) is 0 Å². The summed E-state index contributed by atoms with van der Waals surface area (Å²) in [6, 6.07) is 4.81. The molecular formula is C15H20Cl2N2O3S. The van der Waals surface area contributed by atoms with Gasteiger partial charge in [-0.3, -0.25) is 0 Å². The average molecular weight is 379 g/mol. The second-order valence-electron chi connectivity index (χ2n) is 5.87. The van der Waals surface area contributed by atoms with Crippen LogP contribution in [0.15, 0.2) is 18.2 Å². The second kappa shape index (κ2) is 7.73. The van der Waals surface area contributed by atoms with Gasteiger partial charge in [-0.1, -0.05) is 29.3 Å². The smallest absolute Gasteiger partial charge is 0.315 e. The first kappa shape index (κ1) is 18.4. The minimum Gasteiger partial charge on any atom is -0.338 e. The lowest BCUT2D eigenvalue weighted by atomic mass is 10.00. The van der Waals surface area contributed by atoms with E-state index in [1.165, 1.54) is 0 Å². The van der Waals surface area contributed by atoms with Crippen LogP contribution in [0.25, 0.3) is 0 Å². The number of carbonyl (C=O) groups excluding carboxylic acids is 1. The number of urea groups is 1. The van der Waals surface area contributed by atoms with Crippen LogP contribution in [0, 0.1) is 5.92 Å². The van der Waals surface area contributed by atoms with Gasteiger partial charge in [0.15, 0.2) is 9.84 Å². The number of hydrogen-bond donors (Lipinski definition) is 2. The number of amides is 2. The molecule has 0 bridgehead atoms. The molecule has 128 valence electrons. The van der Waals surface area contributed by atoms with Crippen LogP contribution in [0.5, 0.6) is 0 Å². The van der Waals surface area contributed by atoms with Gasteiger partial charge >= 0.3 is 6.03 Å². The lowest BCUT2D eigenvalue weighted by molar-refractivity contribution is 0.237. The van der Waals surface area contributed by atoms with Crippen molar-refractivity contribution in [2.75, 3.05) is 12.3 Å². The molecule has 0 radical (unpaired) electrons. The molecule has 8 heteroatoms.